The van der Waals surface area contributed by atoms with Crippen LogP contribution < -0.4 is 4.57 Å². The van der Waals surface area contributed by atoms with Crippen LogP contribution in [-0.4, -0.2) is 4.40 Å². The first-order chi connectivity index (χ1) is 13.2. The monoisotopic (exact) mass is 346 g/mol. The quantitative estimate of drug-likeness (QED) is 0.145. The Morgan fingerprint density at radius 2 is 1.74 bits per heavy atom. The molecule has 0 saturated heterocycles. The van der Waals surface area contributed by atoms with E-state index in [1.165, 1.54) is 27.4 Å². The fourth-order valence-corrected chi connectivity index (χ4v) is 4.77. The highest BCUT2D eigenvalue weighted by Gasteiger charge is 2.25. The summed E-state index contributed by atoms with van der Waals surface area (Å²) in [5.41, 5.74) is 6.74. The SMILES string of the molecule is [C-]#[N+]c1cc2cc[n+](C)c3c4c(C)cccc4n4c5ccccc5c1c4c23. The Bertz CT molecular complexity index is 1600. The van der Waals surface area contributed by atoms with E-state index in [0.717, 1.165) is 32.9 Å². The molecule has 0 unspecified atom stereocenters. The third-order valence-corrected chi connectivity index (χ3v) is 5.86. The molecule has 6 aromatic rings. The topological polar surface area (TPSA) is 12.7 Å². The van der Waals surface area contributed by atoms with E-state index in [4.69, 9.17) is 6.57 Å². The molecule has 0 aliphatic heterocycles. The number of nitrogens with zero attached hydrogens (tertiary/aromatic N) is 3. The van der Waals surface area contributed by atoms with Crippen LogP contribution >= 0.6 is 0 Å². The Morgan fingerprint density at radius 1 is 0.926 bits per heavy atom. The van der Waals surface area contributed by atoms with Crippen molar-refractivity contribution in [2.24, 2.45) is 7.05 Å². The molecule has 0 radical (unpaired) electrons. The number of pyridine rings is 2. The molecular formula is C24H16N3+. The van der Waals surface area contributed by atoms with Crippen LogP contribution in [0.15, 0.2) is 60.8 Å². The zero-order valence-corrected chi connectivity index (χ0v) is 15.1. The summed E-state index contributed by atoms with van der Waals surface area (Å²) in [7, 11) is 2.11. The maximum Gasteiger partial charge on any atom is 0.224 e. The van der Waals surface area contributed by atoms with Crippen molar-refractivity contribution in [3.8, 4) is 0 Å². The molecule has 126 valence electrons. The van der Waals surface area contributed by atoms with Crippen LogP contribution in [0.4, 0.5) is 5.69 Å². The minimum absolute atomic E-state index is 0.725. The van der Waals surface area contributed by atoms with Crippen molar-refractivity contribution < 1.29 is 4.57 Å². The van der Waals surface area contributed by atoms with Crippen molar-refractivity contribution >= 4 is 54.7 Å². The van der Waals surface area contributed by atoms with Crippen molar-refractivity contribution in [2.75, 3.05) is 0 Å². The first-order valence-corrected chi connectivity index (χ1v) is 9.07. The summed E-state index contributed by atoms with van der Waals surface area (Å²) in [5, 5.41) is 5.84. The summed E-state index contributed by atoms with van der Waals surface area (Å²) in [4.78, 5) is 3.89. The van der Waals surface area contributed by atoms with E-state index >= 15 is 0 Å². The molecule has 27 heavy (non-hydrogen) atoms. The van der Waals surface area contributed by atoms with Gasteiger partial charge in [-0.1, -0.05) is 30.3 Å². The number of para-hydroxylation sites is 1. The largest absolute Gasteiger partial charge is 0.309 e. The van der Waals surface area contributed by atoms with Crippen molar-refractivity contribution in [2.45, 2.75) is 6.92 Å². The predicted molar refractivity (Wildman–Crippen MR) is 111 cm³/mol. The number of hydrogen-bond donors (Lipinski definition) is 0. The van der Waals surface area contributed by atoms with Crippen LogP contribution in [0.25, 0.3) is 53.8 Å². The van der Waals surface area contributed by atoms with Crippen LogP contribution in [0.1, 0.15) is 5.56 Å². The van der Waals surface area contributed by atoms with Crippen LogP contribution in [0.3, 0.4) is 0 Å². The highest BCUT2D eigenvalue weighted by atomic mass is 15.0. The van der Waals surface area contributed by atoms with Gasteiger partial charge in [0.2, 0.25) is 5.52 Å². The van der Waals surface area contributed by atoms with Gasteiger partial charge in [-0.25, -0.2) is 9.41 Å². The fourth-order valence-electron chi connectivity index (χ4n) is 4.77. The molecule has 3 aromatic heterocycles. The van der Waals surface area contributed by atoms with Crippen molar-refractivity contribution in [1.82, 2.24) is 4.40 Å². The van der Waals surface area contributed by atoms with Gasteiger partial charge >= 0.3 is 0 Å². The van der Waals surface area contributed by atoms with Gasteiger partial charge in [0, 0.05) is 11.5 Å². The molecule has 0 aliphatic rings. The Labute approximate surface area is 155 Å². The van der Waals surface area contributed by atoms with Crippen molar-refractivity contribution in [3.05, 3.63) is 77.8 Å². The molecular weight excluding hydrogens is 330 g/mol. The summed E-state index contributed by atoms with van der Waals surface area (Å²) in [6, 6.07) is 19.1. The Kier molecular flexibility index (Phi) is 2.55. The molecule has 6 rings (SSSR count). The van der Waals surface area contributed by atoms with Gasteiger partial charge < -0.3 is 4.40 Å². The second-order valence-electron chi connectivity index (χ2n) is 7.29. The molecule has 3 aromatic carbocycles. The van der Waals surface area contributed by atoms with E-state index in [0.29, 0.717) is 0 Å². The Morgan fingerprint density at radius 3 is 2.59 bits per heavy atom. The van der Waals surface area contributed by atoms with Gasteiger partial charge in [-0.3, -0.25) is 0 Å². The minimum Gasteiger partial charge on any atom is -0.309 e. The zero-order valence-electron chi connectivity index (χ0n) is 15.1. The maximum absolute atomic E-state index is 7.79. The number of benzene rings is 3. The van der Waals surface area contributed by atoms with Crippen molar-refractivity contribution in [3.63, 3.8) is 0 Å². The second-order valence-corrected chi connectivity index (χ2v) is 7.29. The number of hydrogen-bond acceptors (Lipinski definition) is 0. The lowest BCUT2D eigenvalue weighted by molar-refractivity contribution is -0.643. The highest BCUT2D eigenvalue weighted by Crippen LogP contribution is 2.44. The molecule has 0 fully saturated rings. The molecule has 3 heteroatoms. The zero-order chi connectivity index (χ0) is 18.3. The average molecular weight is 346 g/mol. The third-order valence-electron chi connectivity index (χ3n) is 5.86. The fraction of sp³-hybridized carbons (Fsp3) is 0.0833. The minimum atomic E-state index is 0.725. The summed E-state index contributed by atoms with van der Waals surface area (Å²) < 4.78 is 4.57. The molecule has 3 heterocycles. The summed E-state index contributed by atoms with van der Waals surface area (Å²) in [5.74, 6) is 0. The summed E-state index contributed by atoms with van der Waals surface area (Å²) in [6.07, 6.45) is 2.10. The van der Waals surface area contributed by atoms with Gasteiger partial charge in [0.05, 0.1) is 33.9 Å². The van der Waals surface area contributed by atoms with E-state index in [9.17, 15) is 0 Å². The smallest absolute Gasteiger partial charge is 0.224 e. The normalized spacial score (nSPS) is 12.0. The standard InChI is InChI=1S/C24H16N3/c1-14-7-6-10-19-20(14)23-21-15(11-12-26(23)3)13-17(25-2)22-16-8-4-5-9-18(16)27(19)24(21)22/h4-13H,1,3H3/q+1. The third kappa shape index (κ3) is 1.59. The Balaban J connectivity index is 2.19. The molecule has 0 bridgehead atoms. The van der Waals surface area contributed by atoms with E-state index in [-0.39, 0.29) is 0 Å². The van der Waals surface area contributed by atoms with Gasteiger partial charge in [-0.2, -0.15) is 0 Å². The van der Waals surface area contributed by atoms with E-state index in [1.807, 2.05) is 6.07 Å². The first kappa shape index (κ1) is 14.5. The highest BCUT2D eigenvalue weighted by molar-refractivity contribution is 6.30. The Hall–Kier alpha value is -3.64. The molecule has 0 atom stereocenters. The lowest BCUT2D eigenvalue weighted by Crippen LogP contribution is -2.28. The molecule has 0 spiro atoms. The number of fused-ring (bicyclic) bond motifs is 6. The van der Waals surface area contributed by atoms with Gasteiger partial charge in [-0.05, 0) is 41.5 Å². The molecule has 0 amide bonds. The maximum atomic E-state index is 7.79. The van der Waals surface area contributed by atoms with Crippen LogP contribution in [0.5, 0.6) is 0 Å². The van der Waals surface area contributed by atoms with Gasteiger partial charge in [0.1, 0.15) is 7.05 Å². The predicted octanol–water partition coefficient (Wildman–Crippen LogP) is 5.67. The average Bonchev–Trinajstić information content (AvgIpc) is 3.04. The lowest BCUT2D eigenvalue weighted by Gasteiger charge is -2.13. The van der Waals surface area contributed by atoms with E-state index in [1.54, 1.807) is 0 Å². The lowest BCUT2D eigenvalue weighted by atomic mass is 9.99. The molecule has 0 saturated carbocycles. The molecule has 0 aliphatic carbocycles. The van der Waals surface area contributed by atoms with Crippen LogP contribution in [0, 0.1) is 13.5 Å². The number of aromatic nitrogens is 2. The van der Waals surface area contributed by atoms with Gasteiger partial charge in [-0.15, -0.1) is 0 Å². The van der Waals surface area contributed by atoms with Crippen molar-refractivity contribution in [1.29, 1.82) is 0 Å². The molecule has 0 N–H and O–H groups in total. The van der Waals surface area contributed by atoms with E-state index < -0.39 is 0 Å². The van der Waals surface area contributed by atoms with Gasteiger partial charge in [0.15, 0.2) is 11.9 Å². The van der Waals surface area contributed by atoms with E-state index in [2.05, 4.69) is 82.5 Å². The van der Waals surface area contributed by atoms with Crippen LogP contribution in [0.2, 0.25) is 0 Å². The summed E-state index contributed by atoms with van der Waals surface area (Å²) in [6.45, 7) is 9.97. The number of rotatable bonds is 0. The van der Waals surface area contributed by atoms with Crippen LogP contribution in [-0.2, 0) is 7.05 Å². The molecule has 3 nitrogen and oxygen atoms in total. The van der Waals surface area contributed by atoms with Gasteiger partial charge in [0.25, 0.3) is 0 Å². The second kappa shape index (κ2) is 4.75. The number of aryl methyl sites for hydroxylation is 2. The first-order valence-electron chi connectivity index (χ1n) is 9.07. The summed E-state index contributed by atoms with van der Waals surface area (Å²) >= 11 is 0.